The minimum absolute atomic E-state index is 0.117. The lowest BCUT2D eigenvalue weighted by Gasteiger charge is -2.37. The number of nitrogens with one attached hydrogen (secondary N) is 2. The van der Waals surface area contributed by atoms with E-state index in [1.807, 2.05) is 6.07 Å². The fourth-order valence-corrected chi connectivity index (χ4v) is 4.11. The van der Waals surface area contributed by atoms with Crippen molar-refractivity contribution in [2.75, 3.05) is 24.5 Å². The number of fused-ring (bicyclic) bond motifs is 1. The molecule has 0 spiro atoms. The zero-order chi connectivity index (χ0) is 20.0. The molecule has 2 atom stereocenters. The lowest BCUT2D eigenvalue weighted by molar-refractivity contribution is -0.136. The second kappa shape index (κ2) is 7.01. The van der Waals surface area contributed by atoms with Crippen LogP contribution in [0.3, 0.4) is 0 Å². The summed E-state index contributed by atoms with van der Waals surface area (Å²) in [6, 6.07) is 4.71. The summed E-state index contributed by atoms with van der Waals surface area (Å²) in [4.78, 5) is 52.5. The average Bonchev–Trinajstić information content (AvgIpc) is 2.92. The monoisotopic (exact) mass is 384 g/mol. The number of carbonyl (C=O) groups excluding carboxylic acids is 4. The van der Waals surface area contributed by atoms with Crippen LogP contribution in [0.2, 0.25) is 0 Å². The third-order valence-corrected chi connectivity index (χ3v) is 5.80. The first-order valence-electron chi connectivity index (χ1n) is 9.70. The predicted molar refractivity (Wildman–Crippen MR) is 102 cm³/mol. The van der Waals surface area contributed by atoms with Gasteiger partial charge in [-0.05, 0) is 30.5 Å². The average molecular weight is 384 g/mol. The number of carbonyl (C=O) groups is 4. The van der Waals surface area contributed by atoms with E-state index in [9.17, 15) is 19.2 Å². The quantitative estimate of drug-likeness (QED) is 0.738. The molecular weight excluding hydrogens is 360 g/mol. The second-order valence-corrected chi connectivity index (χ2v) is 7.93. The molecule has 1 aromatic carbocycles. The van der Waals surface area contributed by atoms with Gasteiger partial charge in [-0.1, -0.05) is 13.8 Å². The Kier molecular flexibility index (Phi) is 4.66. The minimum Gasteiger partial charge on any atom is -0.369 e. The topological polar surface area (TPSA) is 98.8 Å². The van der Waals surface area contributed by atoms with Crippen LogP contribution in [0.1, 0.15) is 47.4 Å². The predicted octanol–water partition coefficient (Wildman–Crippen LogP) is 0.522. The van der Waals surface area contributed by atoms with Gasteiger partial charge in [0.2, 0.25) is 11.8 Å². The van der Waals surface area contributed by atoms with Crippen molar-refractivity contribution in [3.63, 3.8) is 0 Å². The molecule has 1 aromatic rings. The van der Waals surface area contributed by atoms with Gasteiger partial charge in [-0.25, -0.2) is 0 Å². The van der Waals surface area contributed by atoms with Crippen LogP contribution >= 0.6 is 0 Å². The molecule has 0 aliphatic carbocycles. The summed E-state index contributed by atoms with van der Waals surface area (Å²) < 4.78 is 0. The maximum atomic E-state index is 13.0. The highest BCUT2D eigenvalue weighted by Gasteiger charge is 2.44. The number of amides is 4. The molecule has 8 nitrogen and oxygen atoms in total. The van der Waals surface area contributed by atoms with Crippen LogP contribution in [-0.2, 0) is 9.59 Å². The summed E-state index contributed by atoms with van der Waals surface area (Å²) in [6.45, 7) is 6.85. The van der Waals surface area contributed by atoms with Crippen LogP contribution in [0.25, 0.3) is 0 Å². The molecule has 3 aliphatic heterocycles. The van der Waals surface area contributed by atoms with Gasteiger partial charge in [-0.3, -0.25) is 29.4 Å². The molecule has 8 heteroatoms. The zero-order valence-corrected chi connectivity index (χ0v) is 16.0. The number of imide groups is 2. The number of nitrogens with zero attached hydrogens (tertiary/aromatic N) is 2. The van der Waals surface area contributed by atoms with Crippen molar-refractivity contribution in [3.8, 4) is 0 Å². The first-order chi connectivity index (χ1) is 13.4. The van der Waals surface area contributed by atoms with Crippen molar-refractivity contribution in [2.24, 2.45) is 5.92 Å². The van der Waals surface area contributed by atoms with Crippen molar-refractivity contribution in [1.82, 2.24) is 15.5 Å². The molecule has 2 fully saturated rings. The van der Waals surface area contributed by atoms with E-state index in [0.717, 1.165) is 30.2 Å². The molecular formula is C20H24N4O4. The fourth-order valence-electron chi connectivity index (χ4n) is 4.11. The van der Waals surface area contributed by atoms with E-state index in [-0.39, 0.29) is 18.7 Å². The summed E-state index contributed by atoms with van der Waals surface area (Å²) >= 11 is 0. The van der Waals surface area contributed by atoms with E-state index in [1.54, 1.807) is 12.1 Å². The third kappa shape index (κ3) is 3.07. The molecule has 148 valence electrons. The van der Waals surface area contributed by atoms with E-state index in [2.05, 4.69) is 29.4 Å². The maximum Gasteiger partial charge on any atom is 0.262 e. The van der Waals surface area contributed by atoms with Crippen molar-refractivity contribution in [2.45, 2.75) is 38.8 Å². The van der Waals surface area contributed by atoms with Gasteiger partial charge in [0, 0.05) is 37.8 Å². The number of hydrogen-bond acceptors (Lipinski definition) is 6. The van der Waals surface area contributed by atoms with Crippen molar-refractivity contribution >= 4 is 29.3 Å². The molecule has 1 unspecified atom stereocenters. The third-order valence-electron chi connectivity index (χ3n) is 5.80. The minimum atomic E-state index is -0.932. The highest BCUT2D eigenvalue weighted by atomic mass is 16.2. The van der Waals surface area contributed by atoms with Gasteiger partial charge < -0.3 is 10.2 Å². The number of anilines is 1. The van der Waals surface area contributed by atoms with E-state index >= 15 is 0 Å². The largest absolute Gasteiger partial charge is 0.369 e. The lowest BCUT2D eigenvalue weighted by Crippen LogP contribution is -2.54. The normalized spacial score (nSPS) is 25.4. The molecule has 2 N–H and O–H groups in total. The van der Waals surface area contributed by atoms with Crippen molar-refractivity contribution < 1.29 is 19.2 Å². The summed E-state index contributed by atoms with van der Waals surface area (Å²) in [5.74, 6) is -1.41. The Morgan fingerprint density at radius 3 is 2.54 bits per heavy atom. The number of benzene rings is 1. The van der Waals surface area contributed by atoms with Gasteiger partial charge >= 0.3 is 0 Å². The summed E-state index contributed by atoms with van der Waals surface area (Å²) in [6.07, 6.45) is 0.281. The maximum absolute atomic E-state index is 13.0. The molecule has 2 saturated heterocycles. The summed E-state index contributed by atoms with van der Waals surface area (Å²) in [5, 5.41) is 5.72. The molecule has 3 heterocycles. The molecule has 0 aromatic heterocycles. The van der Waals surface area contributed by atoms with Crippen molar-refractivity contribution in [1.29, 1.82) is 0 Å². The van der Waals surface area contributed by atoms with E-state index < -0.39 is 23.8 Å². The highest BCUT2D eigenvalue weighted by molar-refractivity contribution is 6.23. The Labute approximate surface area is 163 Å². The summed E-state index contributed by atoms with van der Waals surface area (Å²) in [7, 11) is 0. The number of piperazine rings is 1. The van der Waals surface area contributed by atoms with Gasteiger partial charge in [0.05, 0.1) is 11.1 Å². The van der Waals surface area contributed by atoms with Gasteiger partial charge in [-0.2, -0.15) is 0 Å². The van der Waals surface area contributed by atoms with Crippen LogP contribution in [0.15, 0.2) is 18.2 Å². The highest BCUT2D eigenvalue weighted by Crippen LogP contribution is 2.31. The molecule has 28 heavy (non-hydrogen) atoms. The Morgan fingerprint density at radius 2 is 1.82 bits per heavy atom. The first kappa shape index (κ1) is 18.6. The Bertz CT molecular complexity index is 866. The smallest absolute Gasteiger partial charge is 0.262 e. The van der Waals surface area contributed by atoms with E-state index in [0.29, 0.717) is 23.1 Å². The number of rotatable bonds is 3. The zero-order valence-electron chi connectivity index (χ0n) is 16.0. The van der Waals surface area contributed by atoms with Crippen LogP contribution in [0.4, 0.5) is 5.69 Å². The Morgan fingerprint density at radius 1 is 1.07 bits per heavy atom. The molecule has 3 aliphatic rings. The van der Waals surface area contributed by atoms with E-state index in [4.69, 9.17) is 0 Å². The van der Waals surface area contributed by atoms with Crippen LogP contribution in [0.5, 0.6) is 0 Å². The van der Waals surface area contributed by atoms with Gasteiger partial charge in [0.15, 0.2) is 0 Å². The fraction of sp³-hybridized carbons (Fsp3) is 0.500. The van der Waals surface area contributed by atoms with E-state index in [1.165, 1.54) is 0 Å². The van der Waals surface area contributed by atoms with Gasteiger partial charge in [0.25, 0.3) is 11.8 Å². The molecule has 0 radical (unpaired) electrons. The van der Waals surface area contributed by atoms with Crippen molar-refractivity contribution in [3.05, 3.63) is 29.3 Å². The van der Waals surface area contributed by atoms with Crippen LogP contribution in [0, 0.1) is 5.92 Å². The van der Waals surface area contributed by atoms with Gasteiger partial charge in [-0.15, -0.1) is 0 Å². The molecule has 0 bridgehead atoms. The SMILES string of the molecule is CC(C)[C@H]1CN(c2ccc3c(c2)C(=O)N(C2CCC(=O)NC2=O)C3=O)CCN1. The first-order valence-corrected chi connectivity index (χ1v) is 9.70. The van der Waals surface area contributed by atoms with Crippen LogP contribution < -0.4 is 15.5 Å². The second-order valence-electron chi connectivity index (χ2n) is 7.93. The number of hydrogen-bond donors (Lipinski definition) is 2. The molecule has 4 rings (SSSR count). The Balaban J connectivity index is 1.59. The standard InChI is InChI=1S/C20H24N4O4/c1-11(2)15-10-23(8-7-21-15)12-3-4-13-14(9-12)20(28)24(19(13)27)16-5-6-17(25)22-18(16)26/h3-4,9,11,15-16,21H,5-8,10H2,1-2H3,(H,22,25,26)/t15-,16?/m1/s1. The number of piperidine rings is 1. The summed E-state index contributed by atoms with van der Waals surface area (Å²) in [5.41, 5.74) is 1.54. The van der Waals surface area contributed by atoms with Gasteiger partial charge in [0.1, 0.15) is 6.04 Å². The Hall–Kier alpha value is -2.74. The van der Waals surface area contributed by atoms with Crippen LogP contribution in [-0.4, -0.2) is 60.2 Å². The lowest BCUT2D eigenvalue weighted by atomic mass is 10.0. The molecule has 4 amide bonds. The molecule has 0 saturated carbocycles.